The van der Waals surface area contributed by atoms with E-state index in [0.29, 0.717) is 7.92 Å². The van der Waals surface area contributed by atoms with Crippen LogP contribution in [0.5, 0.6) is 0 Å². The smallest absolute Gasteiger partial charge is 0.0485 e. The van der Waals surface area contributed by atoms with Gasteiger partial charge in [0, 0.05) is 26.0 Å². The van der Waals surface area contributed by atoms with Crippen molar-refractivity contribution in [1.82, 2.24) is 0 Å². The number of benzene rings is 2. The van der Waals surface area contributed by atoms with Crippen molar-refractivity contribution in [2.75, 3.05) is 20.0 Å². The standard InChI is InChI=1S/C9H7.2C6H5.C3H9P.Ir/c1-2-5-9-7-3-6-8(9)4-1;2*1-2-4-6-5-3-1;1-4(2)3;/h1-7H;2*1-5H;1-3H3;/q;2*-1;;. The summed E-state index contributed by atoms with van der Waals surface area (Å²) in [5.41, 5.74) is 1.33. The van der Waals surface area contributed by atoms with Crippen LogP contribution in [0.2, 0.25) is 0 Å². The van der Waals surface area contributed by atoms with Gasteiger partial charge in [0.25, 0.3) is 0 Å². The van der Waals surface area contributed by atoms with Crippen molar-refractivity contribution in [2.24, 2.45) is 0 Å². The van der Waals surface area contributed by atoms with Gasteiger partial charge in [0.05, 0.1) is 0 Å². The Kier molecular flexibility index (Phi) is 15.9. The molecule has 2 aromatic carbocycles. The molecule has 0 saturated carbocycles. The first kappa shape index (κ1) is 24.5. The van der Waals surface area contributed by atoms with Crippen LogP contribution in [-0.4, -0.2) is 20.0 Å². The van der Waals surface area contributed by atoms with Gasteiger partial charge < -0.3 is 0 Å². The first-order chi connectivity index (χ1) is 12.2. The van der Waals surface area contributed by atoms with Gasteiger partial charge >= 0.3 is 0 Å². The van der Waals surface area contributed by atoms with E-state index in [1.54, 1.807) is 0 Å². The minimum Gasteiger partial charge on any atom is -0.184 e. The molecule has 0 bridgehead atoms. The van der Waals surface area contributed by atoms with E-state index in [-0.39, 0.29) is 20.1 Å². The van der Waals surface area contributed by atoms with Crippen molar-refractivity contribution in [3.8, 4) is 0 Å². The molecule has 138 valence electrons. The predicted molar refractivity (Wildman–Crippen MR) is 114 cm³/mol. The maximum Gasteiger partial charge on any atom is 0.0485 e. The molecule has 2 aliphatic carbocycles. The van der Waals surface area contributed by atoms with E-state index in [1.165, 1.54) is 11.5 Å². The normalized spacial score (nSPS) is 12.8. The number of hydrogen-bond donors (Lipinski definition) is 0. The summed E-state index contributed by atoms with van der Waals surface area (Å²) in [6.45, 7) is 6.69. The molecule has 0 saturated heterocycles. The van der Waals surface area contributed by atoms with Gasteiger partial charge in [-0.05, 0) is 25.6 Å². The quantitative estimate of drug-likeness (QED) is 0.266. The molecule has 0 aliphatic heterocycles. The largest absolute Gasteiger partial charge is 0.184 e. The Morgan fingerprint density at radius 1 is 0.615 bits per heavy atom. The molecule has 0 nitrogen and oxygen atoms in total. The number of fused-ring (bicyclic) bond motifs is 1. The Morgan fingerprint density at radius 3 is 1.38 bits per heavy atom. The van der Waals surface area contributed by atoms with Gasteiger partial charge in [0.2, 0.25) is 0 Å². The number of allylic oxidation sites excluding steroid dienone is 8. The minimum absolute atomic E-state index is 0. The van der Waals surface area contributed by atoms with Gasteiger partial charge in [-0.2, -0.15) is 72.8 Å². The van der Waals surface area contributed by atoms with Crippen LogP contribution in [0.15, 0.2) is 109 Å². The van der Waals surface area contributed by atoms with E-state index in [9.17, 15) is 0 Å². The summed E-state index contributed by atoms with van der Waals surface area (Å²) < 4.78 is 0. The zero-order valence-corrected chi connectivity index (χ0v) is 18.9. The molecule has 0 spiro atoms. The van der Waals surface area contributed by atoms with E-state index in [0.717, 1.165) is 0 Å². The van der Waals surface area contributed by atoms with Gasteiger partial charge in [-0.15, -0.1) is 7.92 Å². The van der Waals surface area contributed by atoms with Gasteiger partial charge in [0.1, 0.15) is 0 Å². The van der Waals surface area contributed by atoms with Crippen LogP contribution in [0, 0.1) is 18.1 Å². The van der Waals surface area contributed by atoms with Gasteiger partial charge in [0.15, 0.2) is 0 Å². The van der Waals surface area contributed by atoms with Crippen LogP contribution >= 0.6 is 7.92 Å². The van der Waals surface area contributed by atoms with Crippen molar-refractivity contribution in [2.45, 2.75) is 0 Å². The van der Waals surface area contributed by atoms with Crippen LogP contribution in [0.1, 0.15) is 0 Å². The Morgan fingerprint density at radius 2 is 1.04 bits per heavy atom. The Bertz CT molecular complexity index is 567. The summed E-state index contributed by atoms with van der Waals surface area (Å²) in [5.74, 6) is 1.33. The van der Waals surface area contributed by atoms with Crippen molar-refractivity contribution in [3.63, 3.8) is 0 Å². The second-order valence-electron chi connectivity index (χ2n) is 5.65. The fourth-order valence-electron chi connectivity index (χ4n) is 1.75. The average Bonchev–Trinajstić information content (AvgIpc) is 3.14. The second kappa shape index (κ2) is 16.9. The molecular formula is C24H26IrP-2. The molecule has 2 radical (unpaired) electrons. The molecule has 0 unspecified atom stereocenters. The van der Waals surface area contributed by atoms with Crippen molar-refractivity contribution in [1.29, 1.82) is 0 Å². The summed E-state index contributed by atoms with van der Waals surface area (Å²) >= 11 is 0. The topological polar surface area (TPSA) is 0 Å². The zero-order chi connectivity index (χ0) is 18.2. The molecule has 0 amide bonds. The third kappa shape index (κ3) is 13.7. The van der Waals surface area contributed by atoms with Crippen LogP contribution in [0.25, 0.3) is 0 Å². The summed E-state index contributed by atoms with van der Waals surface area (Å²) in [6.07, 6.45) is 14.7. The van der Waals surface area contributed by atoms with E-state index >= 15 is 0 Å². The Hall–Kier alpha value is -1.52. The summed E-state index contributed by atoms with van der Waals surface area (Å²) in [6, 6.07) is 25.0. The number of rotatable bonds is 0. The van der Waals surface area contributed by atoms with E-state index in [4.69, 9.17) is 0 Å². The van der Waals surface area contributed by atoms with Crippen LogP contribution in [0.3, 0.4) is 0 Å². The predicted octanol–water partition coefficient (Wildman–Crippen LogP) is 6.51. The zero-order valence-electron chi connectivity index (χ0n) is 15.6. The average molecular weight is 538 g/mol. The molecule has 0 aromatic heterocycles. The Labute approximate surface area is 174 Å². The van der Waals surface area contributed by atoms with Gasteiger partial charge in [-0.25, -0.2) is 0 Å². The van der Waals surface area contributed by atoms with E-state index < -0.39 is 0 Å². The molecule has 0 N–H and O–H groups in total. The molecule has 26 heavy (non-hydrogen) atoms. The van der Waals surface area contributed by atoms with Crippen molar-refractivity contribution in [3.05, 3.63) is 127 Å². The fraction of sp³-hybridized carbons (Fsp3) is 0.125. The maximum absolute atomic E-state index is 2.89. The molecule has 2 aliphatic rings. The third-order valence-corrected chi connectivity index (χ3v) is 2.76. The summed E-state index contributed by atoms with van der Waals surface area (Å²) in [5, 5.41) is 0. The molecule has 0 fully saturated rings. The first-order valence-corrected chi connectivity index (χ1v) is 10.9. The maximum atomic E-state index is 2.89. The fourth-order valence-corrected chi connectivity index (χ4v) is 1.75. The van der Waals surface area contributed by atoms with Crippen molar-refractivity contribution < 1.29 is 20.1 Å². The monoisotopic (exact) mass is 538 g/mol. The summed E-state index contributed by atoms with van der Waals surface area (Å²) in [4.78, 5) is 0. The molecular weight excluding hydrogens is 511 g/mol. The molecule has 2 heteroatoms. The van der Waals surface area contributed by atoms with Crippen LogP contribution in [0.4, 0.5) is 0 Å². The Balaban J connectivity index is 0.000000331. The molecule has 4 rings (SSSR count). The molecule has 2 aromatic rings. The number of hydrogen-bond acceptors (Lipinski definition) is 0. The van der Waals surface area contributed by atoms with Crippen LogP contribution < -0.4 is 0 Å². The minimum atomic E-state index is 0. The third-order valence-electron chi connectivity index (χ3n) is 2.76. The molecule has 0 heterocycles. The second-order valence-corrected chi connectivity index (χ2v) is 8.33. The SMILES string of the molecule is C1=C[C]2C=CC=C2C=C1.CP(C)C.[Ir].[c-]1ccccc1.[c-]1ccccc1. The van der Waals surface area contributed by atoms with Gasteiger partial charge in [-0.3, -0.25) is 0 Å². The van der Waals surface area contributed by atoms with E-state index in [1.807, 2.05) is 60.7 Å². The van der Waals surface area contributed by atoms with E-state index in [2.05, 4.69) is 74.7 Å². The molecule has 0 atom stereocenters. The van der Waals surface area contributed by atoms with Crippen LogP contribution in [-0.2, 0) is 20.1 Å². The van der Waals surface area contributed by atoms with Crippen molar-refractivity contribution >= 4 is 7.92 Å². The summed E-state index contributed by atoms with van der Waals surface area (Å²) in [7, 11) is 0.380. The van der Waals surface area contributed by atoms with Gasteiger partial charge in [-0.1, -0.05) is 42.5 Å². The first-order valence-electron chi connectivity index (χ1n) is 8.23.